The van der Waals surface area contributed by atoms with Crippen molar-refractivity contribution < 1.29 is 4.39 Å². The van der Waals surface area contributed by atoms with Crippen molar-refractivity contribution in [1.82, 2.24) is 15.1 Å². The third-order valence-electron chi connectivity index (χ3n) is 6.09. The summed E-state index contributed by atoms with van der Waals surface area (Å²) in [6.45, 7) is 2.88. The highest BCUT2D eigenvalue weighted by Crippen LogP contribution is 2.38. The zero-order valence-corrected chi connectivity index (χ0v) is 15.7. The van der Waals surface area contributed by atoms with E-state index in [2.05, 4.69) is 53.5 Å². The van der Waals surface area contributed by atoms with Crippen LogP contribution in [0.15, 0.2) is 48.5 Å². The number of nitrogens with zero attached hydrogens (tertiary/aromatic N) is 2. The van der Waals surface area contributed by atoms with Gasteiger partial charge in [-0.15, -0.1) is 0 Å². The molecule has 2 aromatic rings. The SMILES string of the molecule is CN(CCNC1(c2ccc(F)cc2)CN1C)[C@@H]1CCCc2ccccc21. The molecule has 1 aliphatic heterocycles. The number of aryl methyl sites for hydroxylation is 1. The van der Waals surface area contributed by atoms with Crippen LogP contribution in [0.5, 0.6) is 0 Å². The zero-order chi connectivity index (χ0) is 18.1. The van der Waals surface area contributed by atoms with E-state index < -0.39 is 0 Å². The lowest BCUT2D eigenvalue weighted by molar-refractivity contribution is 0.214. The van der Waals surface area contributed by atoms with Gasteiger partial charge in [-0.2, -0.15) is 0 Å². The second kappa shape index (κ2) is 7.10. The zero-order valence-electron chi connectivity index (χ0n) is 15.7. The number of benzene rings is 2. The summed E-state index contributed by atoms with van der Waals surface area (Å²) >= 11 is 0. The van der Waals surface area contributed by atoms with Gasteiger partial charge >= 0.3 is 0 Å². The third-order valence-corrected chi connectivity index (χ3v) is 6.09. The number of likely N-dealkylation sites (N-methyl/N-ethyl adjacent to an activating group) is 2. The largest absolute Gasteiger partial charge is 0.298 e. The van der Waals surface area contributed by atoms with E-state index in [9.17, 15) is 4.39 Å². The van der Waals surface area contributed by atoms with E-state index in [1.807, 2.05) is 12.1 Å². The van der Waals surface area contributed by atoms with E-state index in [0.29, 0.717) is 6.04 Å². The predicted molar refractivity (Wildman–Crippen MR) is 103 cm³/mol. The maximum absolute atomic E-state index is 13.2. The van der Waals surface area contributed by atoms with Crippen molar-refractivity contribution in [3.05, 3.63) is 71.0 Å². The van der Waals surface area contributed by atoms with Crippen LogP contribution in [0.2, 0.25) is 0 Å². The Morgan fingerprint density at radius 2 is 1.92 bits per heavy atom. The van der Waals surface area contributed by atoms with Crippen molar-refractivity contribution in [3.63, 3.8) is 0 Å². The van der Waals surface area contributed by atoms with Crippen molar-refractivity contribution in [2.45, 2.75) is 31.0 Å². The molecule has 0 saturated carbocycles. The summed E-state index contributed by atoms with van der Waals surface area (Å²) in [5.74, 6) is -0.178. The van der Waals surface area contributed by atoms with Crippen LogP contribution in [-0.4, -0.2) is 43.5 Å². The number of halogens is 1. The number of fused-ring (bicyclic) bond motifs is 1. The van der Waals surface area contributed by atoms with Gasteiger partial charge in [0.25, 0.3) is 0 Å². The van der Waals surface area contributed by atoms with E-state index in [4.69, 9.17) is 0 Å². The van der Waals surface area contributed by atoms with Gasteiger partial charge in [-0.05, 0) is 62.2 Å². The summed E-state index contributed by atoms with van der Waals surface area (Å²) < 4.78 is 13.2. The van der Waals surface area contributed by atoms with Gasteiger partial charge in [0.05, 0.1) is 0 Å². The number of nitrogens with one attached hydrogen (secondary N) is 1. The average molecular weight is 353 g/mol. The third kappa shape index (κ3) is 3.29. The molecule has 1 N–H and O–H groups in total. The van der Waals surface area contributed by atoms with Crippen LogP contribution < -0.4 is 5.32 Å². The van der Waals surface area contributed by atoms with E-state index in [-0.39, 0.29) is 11.5 Å². The topological polar surface area (TPSA) is 18.3 Å². The Morgan fingerprint density at radius 1 is 1.19 bits per heavy atom. The van der Waals surface area contributed by atoms with Crippen LogP contribution in [-0.2, 0) is 12.1 Å². The molecule has 1 saturated heterocycles. The molecule has 26 heavy (non-hydrogen) atoms. The van der Waals surface area contributed by atoms with Gasteiger partial charge in [-0.3, -0.25) is 15.1 Å². The smallest absolute Gasteiger partial charge is 0.123 e. The van der Waals surface area contributed by atoms with Gasteiger partial charge in [0.15, 0.2) is 0 Å². The van der Waals surface area contributed by atoms with Crippen molar-refractivity contribution in [3.8, 4) is 0 Å². The van der Waals surface area contributed by atoms with Crippen molar-refractivity contribution >= 4 is 0 Å². The van der Waals surface area contributed by atoms with Crippen LogP contribution in [0.3, 0.4) is 0 Å². The molecular formula is C22H28FN3. The Balaban J connectivity index is 1.38. The summed E-state index contributed by atoms with van der Waals surface area (Å²) in [4.78, 5) is 4.75. The first-order valence-electron chi connectivity index (χ1n) is 9.60. The Kier molecular flexibility index (Phi) is 4.82. The molecule has 3 atom stereocenters. The molecule has 4 rings (SSSR count). The highest BCUT2D eigenvalue weighted by atomic mass is 19.1. The fourth-order valence-corrected chi connectivity index (χ4v) is 4.42. The second-order valence-electron chi connectivity index (χ2n) is 7.74. The minimum Gasteiger partial charge on any atom is -0.298 e. The first kappa shape index (κ1) is 17.7. The quantitative estimate of drug-likeness (QED) is 0.802. The monoisotopic (exact) mass is 353 g/mol. The van der Waals surface area contributed by atoms with Crippen LogP contribution in [0, 0.1) is 5.82 Å². The van der Waals surface area contributed by atoms with E-state index in [1.54, 1.807) is 12.1 Å². The standard InChI is InChI=1S/C22H28FN3/c1-25(21-9-5-7-17-6-3-4-8-20(17)21)15-14-24-22(16-26(22)2)18-10-12-19(23)13-11-18/h3-4,6,8,10-13,21,24H,5,7,9,14-16H2,1-2H3/t21-,22?,26?/m1/s1. The molecule has 4 heteroatoms. The normalized spacial score (nSPS) is 27.4. The highest BCUT2D eigenvalue weighted by molar-refractivity contribution is 5.32. The van der Waals surface area contributed by atoms with E-state index in [1.165, 1.54) is 30.4 Å². The van der Waals surface area contributed by atoms with Gasteiger partial charge in [-0.1, -0.05) is 36.4 Å². The predicted octanol–water partition coefficient (Wildman–Crippen LogP) is 3.52. The van der Waals surface area contributed by atoms with Gasteiger partial charge in [0.1, 0.15) is 11.5 Å². The Hall–Kier alpha value is -1.75. The van der Waals surface area contributed by atoms with Crippen molar-refractivity contribution in [2.75, 3.05) is 33.7 Å². The molecule has 2 aliphatic rings. The lowest BCUT2D eigenvalue weighted by Gasteiger charge is -2.33. The first-order valence-corrected chi connectivity index (χ1v) is 9.60. The molecule has 0 radical (unpaired) electrons. The summed E-state index contributed by atoms with van der Waals surface area (Å²) in [6.07, 6.45) is 3.70. The van der Waals surface area contributed by atoms with Crippen LogP contribution in [0.1, 0.15) is 35.6 Å². The molecule has 0 spiro atoms. The van der Waals surface area contributed by atoms with Gasteiger partial charge in [0, 0.05) is 25.7 Å². The maximum Gasteiger partial charge on any atom is 0.123 e. The van der Waals surface area contributed by atoms with E-state index >= 15 is 0 Å². The summed E-state index contributed by atoms with van der Waals surface area (Å²) in [6, 6.07) is 16.3. The Labute approximate surface area is 155 Å². The van der Waals surface area contributed by atoms with Gasteiger partial charge < -0.3 is 0 Å². The lowest BCUT2D eigenvalue weighted by atomic mass is 9.87. The molecule has 1 aliphatic carbocycles. The minimum absolute atomic E-state index is 0.126. The molecule has 2 aromatic carbocycles. The molecule has 0 bridgehead atoms. The number of rotatable bonds is 6. The molecule has 0 aromatic heterocycles. The van der Waals surface area contributed by atoms with Crippen LogP contribution in [0.4, 0.5) is 4.39 Å². The summed E-state index contributed by atoms with van der Waals surface area (Å²) in [7, 11) is 4.34. The molecule has 3 nitrogen and oxygen atoms in total. The van der Waals surface area contributed by atoms with E-state index in [0.717, 1.165) is 25.2 Å². The van der Waals surface area contributed by atoms with Crippen molar-refractivity contribution in [1.29, 1.82) is 0 Å². The average Bonchev–Trinajstić information content (AvgIpc) is 3.32. The molecule has 0 amide bonds. The molecule has 1 fully saturated rings. The fourth-order valence-electron chi connectivity index (χ4n) is 4.42. The maximum atomic E-state index is 13.2. The second-order valence-corrected chi connectivity index (χ2v) is 7.74. The molecule has 1 heterocycles. The van der Waals surface area contributed by atoms with Crippen molar-refractivity contribution in [2.24, 2.45) is 0 Å². The molecule has 2 unspecified atom stereocenters. The number of hydrogen-bond donors (Lipinski definition) is 1. The Bertz CT molecular complexity index is 760. The number of hydrogen-bond acceptors (Lipinski definition) is 3. The summed E-state index contributed by atoms with van der Waals surface area (Å²) in [5, 5.41) is 3.71. The molecule has 138 valence electrons. The first-order chi connectivity index (χ1) is 12.6. The summed E-state index contributed by atoms with van der Waals surface area (Å²) in [5.41, 5.74) is 4.03. The highest BCUT2D eigenvalue weighted by Gasteiger charge is 2.50. The fraction of sp³-hybridized carbons (Fsp3) is 0.455. The van der Waals surface area contributed by atoms with Crippen LogP contribution in [0.25, 0.3) is 0 Å². The Morgan fingerprint density at radius 3 is 2.65 bits per heavy atom. The lowest BCUT2D eigenvalue weighted by Crippen LogP contribution is -2.40. The van der Waals surface area contributed by atoms with Gasteiger partial charge in [0.2, 0.25) is 0 Å². The van der Waals surface area contributed by atoms with Crippen LogP contribution >= 0.6 is 0 Å². The van der Waals surface area contributed by atoms with Gasteiger partial charge in [-0.25, -0.2) is 4.39 Å². The minimum atomic E-state index is -0.178. The molecular weight excluding hydrogens is 325 g/mol.